The lowest BCUT2D eigenvalue weighted by Gasteiger charge is -2.26. The highest BCUT2D eigenvalue weighted by molar-refractivity contribution is 7.93. The maximum atomic E-state index is 13.0. The van der Waals surface area contributed by atoms with Gasteiger partial charge in [0.2, 0.25) is 10.1 Å². The van der Waals surface area contributed by atoms with Gasteiger partial charge in [-0.3, -0.25) is 9.52 Å². The van der Waals surface area contributed by atoms with Crippen LogP contribution in [0.25, 0.3) is 0 Å². The summed E-state index contributed by atoms with van der Waals surface area (Å²) in [6, 6.07) is 7.95. The van der Waals surface area contributed by atoms with E-state index in [1.54, 1.807) is 20.8 Å². The second-order valence-electron chi connectivity index (χ2n) is 8.75. The molecule has 0 atom stereocenters. The van der Waals surface area contributed by atoms with Gasteiger partial charge in [0, 0.05) is 12.0 Å². The molecule has 0 spiro atoms. The average molecular weight is 597 g/mol. The van der Waals surface area contributed by atoms with E-state index in [2.05, 4.69) is 15.5 Å². The minimum Gasteiger partial charge on any atom is -0.493 e. The largest absolute Gasteiger partial charge is 0.493 e. The number of carbonyl (C=O) groups excluding carboxylic acids is 1. The average Bonchev–Trinajstić information content (AvgIpc) is 3.31. The molecular formula is C23H22F6N4O4S2. The number of hydrogen-bond donors (Lipinski definition) is 2. The molecule has 0 aliphatic rings. The fourth-order valence-electron chi connectivity index (χ4n) is 3.30. The lowest BCUT2D eigenvalue weighted by molar-refractivity contribution is -0.138. The van der Waals surface area contributed by atoms with Crippen molar-refractivity contribution in [3.05, 3.63) is 64.2 Å². The number of nitrogens with zero attached hydrogens (tertiary/aromatic N) is 2. The second kappa shape index (κ2) is 11.0. The Hall–Kier alpha value is -3.40. The van der Waals surface area contributed by atoms with Crippen LogP contribution < -0.4 is 14.8 Å². The third-order valence-electron chi connectivity index (χ3n) is 5.38. The van der Waals surface area contributed by atoms with Crippen molar-refractivity contribution in [2.45, 2.75) is 43.4 Å². The van der Waals surface area contributed by atoms with E-state index in [0.29, 0.717) is 5.56 Å². The molecule has 0 radical (unpaired) electrons. The molecule has 0 unspecified atom stereocenters. The number of hydrogen-bond acceptors (Lipinski definition) is 7. The van der Waals surface area contributed by atoms with Gasteiger partial charge in [-0.25, -0.2) is 8.42 Å². The summed E-state index contributed by atoms with van der Waals surface area (Å²) in [7, 11) is -4.27. The van der Waals surface area contributed by atoms with E-state index in [-0.39, 0.29) is 40.7 Å². The first kappa shape index (κ1) is 30.1. The summed E-state index contributed by atoms with van der Waals surface area (Å²) in [4.78, 5) is 12.5. The second-order valence-corrected chi connectivity index (χ2v) is 11.4. The van der Waals surface area contributed by atoms with Crippen LogP contribution in [0.3, 0.4) is 0 Å². The number of aromatic nitrogens is 2. The molecule has 1 aromatic heterocycles. The Morgan fingerprint density at radius 1 is 0.949 bits per heavy atom. The minimum atomic E-state index is -4.76. The van der Waals surface area contributed by atoms with Crippen LogP contribution in [0.4, 0.5) is 31.5 Å². The van der Waals surface area contributed by atoms with Crippen molar-refractivity contribution in [2.24, 2.45) is 0 Å². The van der Waals surface area contributed by atoms with Gasteiger partial charge in [0.25, 0.3) is 15.9 Å². The van der Waals surface area contributed by atoms with Crippen LogP contribution in [0.2, 0.25) is 0 Å². The Morgan fingerprint density at radius 3 is 2.10 bits per heavy atom. The van der Waals surface area contributed by atoms with E-state index in [0.717, 1.165) is 18.2 Å². The Morgan fingerprint density at radius 2 is 1.56 bits per heavy atom. The third-order valence-corrected chi connectivity index (χ3v) is 7.75. The summed E-state index contributed by atoms with van der Waals surface area (Å²) in [5.41, 5.74) is -1.21. The highest BCUT2D eigenvalue weighted by Gasteiger charge is 2.36. The van der Waals surface area contributed by atoms with Crippen LogP contribution in [0.5, 0.6) is 5.75 Å². The maximum Gasteiger partial charge on any atom is 0.445 e. The van der Waals surface area contributed by atoms with Crippen molar-refractivity contribution >= 4 is 32.4 Å². The van der Waals surface area contributed by atoms with Crippen LogP contribution in [0, 0.1) is 0 Å². The van der Waals surface area contributed by atoms with E-state index in [9.17, 15) is 39.6 Å². The van der Waals surface area contributed by atoms with Gasteiger partial charge in [0.1, 0.15) is 5.75 Å². The van der Waals surface area contributed by atoms with Gasteiger partial charge in [-0.15, -0.1) is 10.2 Å². The molecule has 0 aliphatic heterocycles. The van der Waals surface area contributed by atoms with E-state index in [1.165, 1.54) is 24.3 Å². The number of carbonyl (C=O) groups is 1. The number of rotatable bonds is 9. The number of alkyl halides is 6. The Bertz CT molecular complexity index is 1440. The zero-order valence-electron chi connectivity index (χ0n) is 20.6. The molecule has 0 fully saturated rings. The summed E-state index contributed by atoms with van der Waals surface area (Å²) < 4.78 is 110. The van der Waals surface area contributed by atoms with Crippen molar-refractivity contribution in [3.8, 4) is 5.75 Å². The van der Waals surface area contributed by atoms with Crippen molar-refractivity contribution in [2.75, 3.05) is 17.9 Å². The Kier molecular flexibility index (Phi) is 8.50. The molecule has 212 valence electrons. The molecule has 2 N–H and O–H groups in total. The molecule has 3 aromatic rings. The highest BCUT2D eigenvalue weighted by Crippen LogP contribution is 2.35. The Balaban J connectivity index is 1.71. The highest BCUT2D eigenvalue weighted by atomic mass is 32.2. The quantitative estimate of drug-likeness (QED) is 0.317. The number of benzene rings is 2. The molecule has 1 heterocycles. The lowest BCUT2D eigenvalue weighted by Crippen LogP contribution is -2.37. The van der Waals surface area contributed by atoms with Gasteiger partial charge < -0.3 is 10.1 Å². The van der Waals surface area contributed by atoms with Crippen molar-refractivity contribution in [3.63, 3.8) is 0 Å². The molecule has 0 saturated heterocycles. The fraction of sp³-hybridized carbons (Fsp3) is 0.348. The van der Waals surface area contributed by atoms with Gasteiger partial charge in [-0.05, 0) is 42.8 Å². The summed E-state index contributed by atoms with van der Waals surface area (Å²) in [6.45, 7) is 5.11. The molecule has 0 saturated carbocycles. The van der Waals surface area contributed by atoms with Crippen LogP contribution in [-0.2, 0) is 27.8 Å². The first-order chi connectivity index (χ1) is 17.9. The van der Waals surface area contributed by atoms with E-state index in [4.69, 9.17) is 4.74 Å². The SMILES string of the molecule is CCOc1cc(C(F)(F)F)ccc1C(=O)NCC(C)(C)c1ccc(S(=O)(=O)Nc2nnc(C(F)(F)F)s2)cc1. The molecular weight excluding hydrogens is 574 g/mol. The molecule has 0 aliphatic carbocycles. The molecule has 3 rings (SSSR count). The summed E-state index contributed by atoms with van der Waals surface area (Å²) in [6.07, 6.45) is -9.37. The molecule has 2 aromatic carbocycles. The van der Waals surface area contributed by atoms with Crippen LogP contribution in [-0.4, -0.2) is 37.7 Å². The lowest BCUT2D eigenvalue weighted by atomic mass is 9.84. The normalized spacial score (nSPS) is 12.7. The molecule has 1 amide bonds. The third kappa shape index (κ3) is 7.38. The zero-order valence-corrected chi connectivity index (χ0v) is 22.2. The van der Waals surface area contributed by atoms with E-state index in [1.807, 2.05) is 4.72 Å². The number of ether oxygens (including phenoxy) is 1. The van der Waals surface area contributed by atoms with Gasteiger partial charge in [-0.1, -0.05) is 37.3 Å². The van der Waals surface area contributed by atoms with Crippen molar-refractivity contribution in [1.82, 2.24) is 15.5 Å². The Labute approximate surface area is 223 Å². The van der Waals surface area contributed by atoms with Crippen molar-refractivity contribution in [1.29, 1.82) is 0 Å². The van der Waals surface area contributed by atoms with Crippen LogP contribution in [0.1, 0.15) is 47.3 Å². The van der Waals surface area contributed by atoms with Crippen LogP contribution >= 0.6 is 11.3 Å². The first-order valence-electron chi connectivity index (χ1n) is 11.1. The topological polar surface area (TPSA) is 110 Å². The zero-order chi connectivity index (χ0) is 29.2. The number of halogens is 6. The van der Waals surface area contributed by atoms with E-state index >= 15 is 0 Å². The standard InChI is InChI=1S/C23H22F6N4O4S2/c1-4-37-17-11-14(22(24,25)26)7-10-16(17)18(34)30-12-21(2,3)13-5-8-15(9-6-13)39(35,36)33-20-32-31-19(38-20)23(27,28)29/h5-11H,4,12H2,1-3H3,(H,30,34)(H,32,33). The van der Waals surface area contributed by atoms with Gasteiger partial charge in [0.15, 0.2) is 0 Å². The predicted molar refractivity (Wildman–Crippen MR) is 130 cm³/mol. The molecule has 16 heteroatoms. The number of nitrogens with one attached hydrogen (secondary N) is 2. The predicted octanol–water partition coefficient (Wildman–Crippen LogP) is 5.48. The monoisotopic (exact) mass is 596 g/mol. The summed E-state index contributed by atoms with van der Waals surface area (Å²) >= 11 is 0.0397. The van der Waals surface area contributed by atoms with Gasteiger partial charge in [-0.2, -0.15) is 26.3 Å². The summed E-state index contributed by atoms with van der Waals surface area (Å²) in [5, 5.41) is 6.92. The number of sulfonamides is 1. The first-order valence-corrected chi connectivity index (χ1v) is 13.4. The van der Waals surface area contributed by atoms with Crippen molar-refractivity contribution < 1.29 is 44.3 Å². The fourth-order valence-corrected chi connectivity index (χ4v) is 5.14. The number of anilines is 1. The molecule has 0 bridgehead atoms. The van der Waals surface area contributed by atoms with Gasteiger partial charge in [0.05, 0.1) is 22.6 Å². The maximum absolute atomic E-state index is 13.0. The van der Waals surface area contributed by atoms with E-state index < -0.39 is 49.4 Å². The molecule has 39 heavy (non-hydrogen) atoms. The summed E-state index contributed by atoms with van der Waals surface area (Å²) in [5.74, 6) is -0.888. The smallest absolute Gasteiger partial charge is 0.445 e. The van der Waals surface area contributed by atoms with Gasteiger partial charge >= 0.3 is 12.4 Å². The minimum absolute atomic E-state index is 0.0216. The van der Waals surface area contributed by atoms with Crippen LogP contribution in [0.15, 0.2) is 47.4 Å². The number of amides is 1. The molecule has 8 nitrogen and oxygen atoms in total.